The number of hydrogen-bond acceptors (Lipinski definition) is 2. The van der Waals surface area contributed by atoms with Gasteiger partial charge in [-0.3, -0.25) is 0 Å². The first-order valence-electron chi connectivity index (χ1n) is 4.36. The molecule has 0 aromatic heterocycles. The molecule has 2 heteroatoms. The van der Waals surface area contributed by atoms with Crippen molar-refractivity contribution in [1.82, 2.24) is 5.32 Å². The van der Waals surface area contributed by atoms with E-state index < -0.39 is 0 Å². The van der Waals surface area contributed by atoms with E-state index in [4.69, 9.17) is 5.26 Å². The summed E-state index contributed by atoms with van der Waals surface area (Å²) in [4.78, 5) is 0. The second-order valence-corrected chi connectivity index (χ2v) is 4.20. The first-order chi connectivity index (χ1) is 5.24. The van der Waals surface area contributed by atoms with Crippen molar-refractivity contribution in [2.75, 3.05) is 13.1 Å². The highest BCUT2D eigenvalue weighted by Gasteiger charge is 2.67. The summed E-state index contributed by atoms with van der Waals surface area (Å²) in [5.74, 6) is 0. The van der Waals surface area contributed by atoms with Gasteiger partial charge in [-0.05, 0) is 31.2 Å². The second kappa shape index (κ2) is 1.98. The Hall–Kier alpha value is -0.550. The molecule has 1 N–H and O–H groups in total. The van der Waals surface area contributed by atoms with E-state index in [1.54, 1.807) is 0 Å². The van der Waals surface area contributed by atoms with Gasteiger partial charge in [0.1, 0.15) is 0 Å². The van der Waals surface area contributed by atoms with Crippen LogP contribution in [0.25, 0.3) is 0 Å². The van der Waals surface area contributed by atoms with Gasteiger partial charge in [-0.25, -0.2) is 0 Å². The Morgan fingerprint density at radius 1 is 1.45 bits per heavy atom. The molecule has 0 aromatic rings. The Labute approximate surface area is 67.6 Å². The molecule has 0 aromatic carbocycles. The predicted molar refractivity (Wildman–Crippen MR) is 42.9 cm³/mol. The van der Waals surface area contributed by atoms with Gasteiger partial charge in [0.05, 0.1) is 11.5 Å². The van der Waals surface area contributed by atoms with Gasteiger partial charge in [0.2, 0.25) is 0 Å². The fourth-order valence-corrected chi connectivity index (χ4v) is 2.69. The Morgan fingerprint density at radius 3 is 2.55 bits per heavy atom. The molecule has 3 saturated carbocycles. The van der Waals surface area contributed by atoms with Gasteiger partial charge < -0.3 is 5.32 Å². The number of nitrogens with zero attached hydrogens (tertiary/aromatic N) is 1. The van der Waals surface area contributed by atoms with Crippen LogP contribution in [-0.2, 0) is 0 Å². The van der Waals surface area contributed by atoms with Crippen LogP contribution < -0.4 is 5.32 Å². The average Bonchev–Trinajstić information content (AvgIpc) is 1.83. The largest absolute Gasteiger partial charge is 0.316 e. The highest BCUT2D eigenvalue weighted by molar-refractivity contribution is 5.26. The molecule has 0 spiro atoms. The topological polar surface area (TPSA) is 35.8 Å². The summed E-state index contributed by atoms with van der Waals surface area (Å²) in [5.41, 5.74) is 0.682. The minimum atomic E-state index is 0.134. The van der Waals surface area contributed by atoms with Gasteiger partial charge in [-0.15, -0.1) is 0 Å². The molecular formula is C9H14N2. The molecule has 3 fully saturated rings. The lowest BCUT2D eigenvalue weighted by molar-refractivity contribution is -0.159. The third-order valence-electron chi connectivity index (χ3n) is 3.13. The maximum atomic E-state index is 8.75. The molecule has 0 heterocycles. The summed E-state index contributed by atoms with van der Waals surface area (Å²) in [6, 6.07) is 2.42. The summed E-state index contributed by atoms with van der Waals surface area (Å²) < 4.78 is 0. The van der Waals surface area contributed by atoms with Crippen molar-refractivity contribution in [1.29, 1.82) is 5.26 Å². The number of hydrogen-bond donors (Lipinski definition) is 1. The van der Waals surface area contributed by atoms with Crippen LogP contribution in [0.3, 0.4) is 0 Å². The van der Waals surface area contributed by atoms with E-state index in [9.17, 15) is 0 Å². The second-order valence-electron chi connectivity index (χ2n) is 4.20. The van der Waals surface area contributed by atoms with Gasteiger partial charge >= 0.3 is 0 Å². The molecule has 3 aliphatic carbocycles. The van der Waals surface area contributed by atoms with E-state index in [1.165, 1.54) is 0 Å². The van der Waals surface area contributed by atoms with Crippen LogP contribution >= 0.6 is 0 Å². The fourth-order valence-electron chi connectivity index (χ4n) is 2.69. The lowest BCUT2D eigenvalue weighted by atomic mass is 9.36. The SMILES string of the molecule is CCNCC12CC(C#N)(C1)C2. The fraction of sp³-hybridized carbons (Fsp3) is 0.889. The monoisotopic (exact) mass is 150 g/mol. The van der Waals surface area contributed by atoms with E-state index in [0.717, 1.165) is 32.4 Å². The molecular weight excluding hydrogens is 136 g/mol. The highest BCUT2D eigenvalue weighted by Crippen LogP contribution is 2.72. The quantitative estimate of drug-likeness (QED) is 0.658. The van der Waals surface area contributed by atoms with E-state index >= 15 is 0 Å². The van der Waals surface area contributed by atoms with Crippen molar-refractivity contribution in [2.45, 2.75) is 26.2 Å². The lowest BCUT2D eigenvalue weighted by Crippen LogP contribution is -2.64. The van der Waals surface area contributed by atoms with E-state index in [1.807, 2.05) is 0 Å². The summed E-state index contributed by atoms with van der Waals surface area (Å²) in [6.45, 7) is 4.32. The van der Waals surface area contributed by atoms with Crippen LogP contribution in [0.4, 0.5) is 0 Å². The van der Waals surface area contributed by atoms with Gasteiger partial charge in [-0.1, -0.05) is 6.92 Å². The Balaban J connectivity index is 1.81. The molecule has 0 aliphatic heterocycles. The molecule has 0 amide bonds. The zero-order valence-electron chi connectivity index (χ0n) is 6.98. The molecule has 0 atom stereocenters. The average molecular weight is 150 g/mol. The minimum absolute atomic E-state index is 0.134. The number of nitriles is 1. The van der Waals surface area contributed by atoms with Crippen molar-refractivity contribution in [3.05, 3.63) is 0 Å². The highest BCUT2D eigenvalue weighted by atomic mass is 14.9. The van der Waals surface area contributed by atoms with E-state index in [0.29, 0.717) is 5.41 Å². The standard InChI is InChI=1S/C9H14N2/c1-2-11-7-9-3-8(4-9,5-9)6-10/h11H,2-5,7H2,1H3. The maximum absolute atomic E-state index is 8.75. The van der Waals surface area contributed by atoms with Crippen LogP contribution in [0.1, 0.15) is 26.2 Å². The van der Waals surface area contributed by atoms with E-state index in [-0.39, 0.29) is 5.41 Å². The molecule has 2 bridgehead atoms. The minimum Gasteiger partial charge on any atom is -0.316 e. The number of rotatable bonds is 3. The number of nitrogens with one attached hydrogen (secondary N) is 1. The van der Waals surface area contributed by atoms with Gasteiger partial charge in [0, 0.05) is 6.54 Å². The smallest absolute Gasteiger partial charge is 0.0690 e. The van der Waals surface area contributed by atoms with Crippen LogP contribution in [0.15, 0.2) is 0 Å². The molecule has 3 rings (SSSR count). The van der Waals surface area contributed by atoms with Crippen LogP contribution in [-0.4, -0.2) is 13.1 Å². The Kier molecular flexibility index (Phi) is 1.28. The molecule has 0 saturated heterocycles. The first-order valence-corrected chi connectivity index (χ1v) is 4.36. The van der Waals surface area contributed by atoms with Crippen molar-refractivity contribution in [3.63, 3.8) is 0 Å². The molecule has 3 aliphatic rings. The van der Waals surface area contributed by atoms with Crippen molar-refractivity contribution < 1.29 is 0 Å². The normalized spacial score (nSPS) is 45.5. The zero-order valence-corrected chi connectivity index (χ0v) is 6.98. The van der Waals surface area contributed by atoms with Crippen LogP contribution in [0.2, 0.25) is 0 Å². The maximum Gasteiger partial charge on any atom is 0.0690 e. The summed E-state index contributed by atoms with van der Waals surface area (Å²) >= 11 is 0. The summed E-state index contributed by atoms with van der Waals surface area (Å²) in [6.07, 6.45) is 3.47. The van der Waals surface area contributed by atoms with Crippen molar-refractivity contribution >= 4 is 0 Å². The molecule has 0 radical (unpaired) electrons. The van der Waals surface area contributed by atoms with Gasteiger partial charge in [0.15, 0.2) is 0 Å². The third-order valence-corrected chi connectivity index (χ3v) is 3.13. The van der Waals surface area contributed by atoms with Gasteiger partial charge in [-0.2, -0.15) is 5.26 Å². The van der Waals surface area contributed by atoms with Crippen molar-refractivity contribution in [2.24, 2.45) is 10.8 Å². The molecule has 2 nitrogen and oxygen atoms in total. The Bertz CT molecular complexity index is 194. The van der Waals surface area contributed by atoms with Gasteiger partial charge in [0.25, 0.3) is 0 Å². The van der Waals surface area contributed by atoms with E-state index in [2.05, 4.69) is 18.3 Å². The van der Waals surface area contributed by atoms with Crippen LogP contribution in [0, 0.1) is 22.2 Å². The summed E-state index contributed by atoms with van der Waals surface area (Å²) in [5, 5.41) is 12.1. The Morgan fingerprint density at radius 2 is 2.09 bits per heavy atom. The third kappa shape index (κ3) is 0.810. The lowest BCUT2D eigenvalue weighted by Gasteiger charge is -2.67. The first kappa shape index (κ1) is 7.12. The molecule has 60 valence electrons. The summed E-state index contributed by atoms with van der Waals surface area (Å²) in [7, 11) is 0. The predicted octanol–water partition coefficient (Wildman–Crippen LogP) is 1.29. The zero-order chi connectivity index (χ0) is 7.95. The molecule has 0 unspecified atom stereocenters. The molecule has 11 heavy (non-hydrogen) atoms. The van der Waals surface area contributed by atoms with Crippen LogP contribution in [0.5, 0.6) is 0 Å². The van der Waals surface area contributed by atoms with Crippen molar-refractivity contribution in [3.8, 4) is 6.07 Å².